The number of esters is 1. The molecule has 0 saturated carbocycles. The normalized spacial score (nSPS) is 10.4. The van der Waals surface area contributed by atoms with E-state index in [1.807, 2.05) is 0 Å². The number of nitrogens with zero attached hydrogens (tertiary/aromatic N) is 2. The Morgan fingerprint density at radius 1 is 1.07 bits per heavy atom. The van der Waals surface area contributed by atoms with E-state index in [9.17, 15) is 9.59 Å². The number of carbonyl (C=O) groups excluding carboxylic acids is 2. The van der Waals surface area contributed by atoms with Crippen molar-refractivity contribution in [1.82, 2.24) is 9.78 Å². The summed E-state index contributed by atoms with van der Waals surface area (Å²) in [5.41, 5.74) is 3.03. The van der Waals surface area contributed by atoms with E-state index in [4.69, 9.17) is 9.47 Å². The predicted octanol–water partition coefficient (Wildman–Crippen LogP) is 3.62. The minimum Gasteiger partial charge on any atom is -0.497 e. The van der Waals surface area contributed by atoms with E-state index < -0.39 is 5.97 Å². The Hall–Kier alpha value is -3.61. The predicted molar refractivity (Wildman–Crippen MR) is 105 cm³/mol. The number of carbonyl (C=O) groups is 2. The summed E-state index contributed by atoms with van der Waals surface area (Å²) >= 11 is 0. The number of anilines is 1. The Kier molecular flexibility index (Phi) is 5.74. The molecule has 1 aromatic heterocycles. The molecular weight excluding hydrogens is 358 g/mol. The van der Waals surface area contributed by atoms with E-state index in [1.54, 1.807) is 74.2 Å². The molecule has 28 heavy (non-hydrogen) atoms. The molecule has 0 spiro atoms. The summed E-state index contributed by atoms with van der Waals surface area (Å²) in [5, 5.41) is 7.09. The first kappa shape index (κ1) is 19.2. The van der Waals surface area contributed by atoms with Gasteiger partial charge in [0.05, 0.1) is 31.3 Å². The van der Waals surface area contributed by atoms with Crippen LogP contribution < -0.4 is 10.1 Å². The summed E-state index contributed by atoms with van der Waals surface area (Å²) in [7, 11) is 1.59. The smallest absolute Gasteiger partial charge is 0.341 e. The lowest BCUT2D eigenvalue weighted by Crippen LogP contribution is -2.12. The number of ether oxygens (including phenoxy) is 2. The zero-order chi connectivity index (χ0) is 20.1. The Bertz CT molecular complexity index is 976. The zero-order valence-electron chi connectivity index (χ0n) is 15.9. The molecule has 0 bridgehead atoms. The van der Waals surface area contributed by atoms with Crippen LogP contribution in [0, 0.1) is 6.92 Å². The minimum atomic E-state index is -0.401. The number of hydrogen-bond acceptors (Lipinski definition) is 5. The van der Waals surface area contributed by atoms with Gasteiger partial charge in [0, 0.05) is 11.3 Å². The van der Waals surface area contributed by atoms with Crippen molar-refractivity contribution in [3.05, 3.63) is 71.5 Å². The number of nitrogens with one attached hydrogen (secondary N) is 1. The Labute approximate surface area is 162 Å². The summed E-state index contributed by atoms with van der Waals surface area (Å²) in [6, 6.07) is 14.1. The van der Waals surface area contributed by atoms with Gasteiger partial charge in [0.1, 0.15) is 11.3 Å². The first-order valence-electron chi connectivity index (χ1n) is 8.81. The fourth-order valence-electron chi connectivity index (χ4n) is 2.71. The molecule has 0 radical (unpaired) electrons. The van der Waals surface area contributed by atoms with E-state index in [1.165, 1.54) is 6.20 Å². The molecule has 144 valence electrons. The summed E-state index contributed by atoms with van der Waals surface area (Å²) in [6.45, 7) is 3.86. The van der Waals surface area contributed by atoms with Crippen LogP contribution >= 0.6 is 0 Å². The highest BCUT2D eigenvalue weighted by Gasteiger charge is 2.16. The van der Waals surface area contributed by atoms with Gasteiger partial charge in [-0.3, -0.25) is 4.79 Å². The van der Waals surface area contributed by atoms with Gasteiger partial charge in [-0.25, -0.2) is 9.48 Å². The zero-order valence-corrected chi connectivity index (χ0v) is 15.9. The number of amides is 1. The van der Waals surface area contributed by atoms with Crippen molar-refractivity contribution in [1.29, 1.82) is 0 Å². The summed E-state index contributed by atoms with van der Waals surface area (Å²) in [4.78, 5) is 24.4. The lowest BCUT2D eigenvalue weighted by Gasteiger charge is -2.08. The van der Waals surface area contributed by atoms with Crippen LogP contribution in [-0.2, 0) is 4.74 Å². The van der Waals surface area contributed by atoms with Gasteiger partial charge in [-0.15, -0.1) is 0 Å². The van der Waals surface area contributed by atoms with Crippen LogP contribution in [0.3, 0.4) is 0 Å². The second kappa shape index (κ2) is 8.39. The lowest BCUT2D eigenvalue weighted by molar-refractivity contribution is 0.0525. The second-order valence-electron chi connectivity index (χ2n) is 6.01. The maximum absolute atomic E-state index is 12.4. The Balaban J connectivity index is 1.74. The van der Waals surface area contributed by atoms with Gasteiger partial charge in [-0.05, 0) is 62.4 Å². The third-order valence-corrected chi connectivity index (χ3v) is 4.23. The molecule has 0 aliphatic rings. The van der Waals surface area contributed by atoms with Crippen LogP contribution in [0.4, 0.5) is 5.69 Å². The molecule has 1 heterocycles. The quantitative estimate of drug-likeness (QED) is 0.662. The van der Waals surface area contributed by atoms with Crippen LogP contribution in [0.15, 0.2) is 54.7 Å². The largest absolute Gasteiger partial charge is 0.497 e. The van der Waals surface area contributed by atoms with Gasteiger partial charge in [-0.1, -0.05) is 0 Å². The van der Waals surface area contributed by atoms with Crippen LogP contribution in [0.25, 0.3) is 5.69 Å². The third-order valence-electron chi connectivity index (χ3n) is 4.23. The maximum atomic E-state index is 12.4. The monoisotopic (exact) mass is 379 g/mol. The lowest BCUT2D eigenvalue weighted by atomic mass is 10.2. The van der Waals surface area contributed by atoms with E-state index in [0.717, 1.165) is 11.4 Å². The highest BCUT2D eigenvalue weighted by atomic mass is 16.5. The first-order valence-corrected chi connectivity index (χ1v) is 8.81. The summed E-state index contributed by atoms with van der Waals surface area (Å²) in [6.07, 6.45) is 1.48. The highest BCUT2D eigenvalue weighted by Crippen LogP contribution is 2.18. The van der Waals surface area contributed by atoms with Crippen LogP contribution in [-0.4, -0.2) is 35.4 Å². The Morgan fingerprint density at radius 2 is 1.75 bits per heavy atom. The van der Waals surface area contributed by atoms with Gasteiger partial charge in [0.2, 0.25) is 0 Å². The van der Waals surface area contributed by atoms with Crippen LogP contribution in [0.1, 0.15) is 33.3 Å². The third kappa shape index (κ3) is 4.03. The fraction of sp³-hybridized carbons (Fsp3) is 0.190. The standard InChI is InChI=1S/C21H21N3O4/c1-4-28-21(26)19-13-22-24(14(19)2)17-9-5-15(6-10-17)20(25)23-16-7-11-18(27-3)12-8-16/h5-13H,4H2,1-3H3,(H,23,25). The van der Waals surface area contributed by atoms with Crippen molar-refractivity contribution in [2.24, 2.45) is 0 Å². The van der Waals surface area contributed by atoms with E-state index >= 15 is 0 Å². The molecule has 7 heteroatoms. The summed E-state index contributed by atoms with van der Waals surface area (Å²) in [5.74, 6) is 0.0991. The van der Waals surface area contributed by atoms with Crippen molar-refractivity contribution in [3.63, 3.8) is 0 Å². The molecule has 2 aromatic carbocycles. The first-order chi connectivity index (χ1) is 13.5. The minimum absolute atomic E-state index is 0.221. The number of benzene rings is 2. The highest BCUT2D eigenvalue weighted by molar-refractivity contribution is 6.04. The van der Waals surface area contributed by atoms with Crippen LogP contribution in [0.5, 0.6) is 5.75 Å². The van der Waals surface area contributed by atoms with Gasteiger partial charge in [0.25, 0.3) is 5.91 Å². The van der Waals surface area contributed by atoms with Crippen molar-refractivity contribution >= 4 is 17.6 Å². The van der Waals surface area contributed by atoms with Gasteiger partial charge in [0.15, 0.2) is 0 Å². The van der Waals surface area contributed by atoms with Gasteiger partial charge < -0.3 is 14.8 Å². The summed E-state index contributed by atoms with van der Waals surface area (Å²) < 4.78 is 11.8. The van der Waals surface area contributed by atoms with Crippen molar-refractivity contribution in [3.8, 4) is 11.4 Å². The molecule has 1 amide bonds. The maximum Gasteiger partial charge on any atom is 0.341 e. The molecule has 0 aliphatic heterocycles. The van der Waals surface area contributed by atoms with Gasteiger partial charge >= 0.3 is 5.97 Å². The average Bonchev–Trinajstić information content (AvgIpc) is 3.10. The number of hydrogen-bond donors (Lipinski definition) is 1. The molecule has 0 unspecified atom stereocenters. The van der Waals surface area contributed by atoms with Gasteiger partial charge in [-0.2, -0.15) is 5.10 Å². The molecule has 3 rings (SSSR count). The second-order valence-corrected chi connectivity index (χ2v) is 6.01. The fourth-order valence-corrected chi connectivity index (χ4v) is 2.71. The van der Waals surface area contributed by atoms with E-state index in [2.05, 4.69) is 10.4 Å². The molecule has 3 aromatic rings. The molecule has 0 fully saturated rings. The van der Waals surface area contributed by atoms with Crippen molar-refractivity contribution in [2.75, 3.05) is 19.0 Å². The number of methoxy groups -OCH3 is 1. The van der Waals surface area contributed by atoms with E-state index in [0.29, 0.717) is 29.1 Å². The van der Waals surface area contributed by atoms with E-state index in [-0.39, 0.29) is 5.91 Å². The molecule has 7 nitrogen and oxygen atoms in total. The molecule has 0 aliphatic carbocycles. The molecule has 0 saturated heterocycles. The molecular formula is C21H21N3O4. The topological polar surface area (TPSA) is 82.5 Å². The molecule has 0 atom stereocenters. The SMILES string of the molecule is CCOC(=O)c1cnn(-c2ccc(C(=O)Nc3ccc(OC)cc3)cc2)c1C. The Morgan fingerprint density at radius 3 is 2.36 bits per heavy atom. The van der Waals surface area contributed by atoms with Crippen molar-refractivity contribution in [2.45, 2.75) is 13.8 Å². The number of aromatic nitrogens is 2. The van der Waals surface area contributed by atoms with Crippen molar-refractivity contribution < 1.29 is 19.1 Å². The molecule has 1 N–H and O–H groups in total. The number of rotatable bonds is 6. The van der Waals surface area contributed by atoms with Crippen LogP contribution in [0.2, 0.25) is 0 Å². The average molecular weight is 379 g/mol.